The zero-order chi connectivity index (χ0) is 13.1. The molecular formula is C13H18ClFO2. The predicted molar refractivity (Wildman–Crippen MR) is 66.8 cm³/mol. The topological polar surface area (TPSA) is 29.5 Å². The van der Waals surface area contributed by atoms with E-state index >= 15 is 0 Å². The van der Waals surface area contributed by atoms with E-state index in [1.807, 2.05) is 13.8 Å². The summed E-state index contributed by atoms with van der Waals surface area (Å²) in [5, 5.41) is 10.3. The normalized spacial score (nSPS) is 13.8. The lowest BCUT2D eigenvalue weighted by molar-refractivity contribution is -0.0192. The molecule has 1 rings (SSSR count). The van der Waals surface area contributed by atoms with E-state index in [2.05, 4.69) is 0 Å². The minimum Gasteiger partial charge on any atom is -0.393 e. The van der Waals surface area contributed by atoms with Crippen molar-refractivity contribution in [1.29, 1.82) is 0 Å². The van der Waals surface area contributed by atoms with Gasteiger partial charge in [-0.15, -0.1) is 0 Å². The molecule has 1 aromatic rings. The lowest BCUT2D eigenvalue weighted by Crippen LogP contribution is -2.30. The maximum absolute atomic E-state index is 13.5. The van der Waals surface area contributed by atoms with Gasteiger partial charge in [0.05, 0.1) is 11.7 Å². The number of halogens is 2. The standard InChI is InChI=1S/C13H18ClFO2/c1-13(2,17-3)8-9(16)7-10-11(14)5-4-6-12(10)15/h4-6,9,16H,7-8H2,1-3H3. The Balaban J connectivity index is 2.72. The molecule has 4 heteroatoms. The second kappa shape index (κ2) is 5.80. The van der Waals surface area contributed by atoms with Crippen molar-refractivity contribution in [2.24, 2.45) is 0 Å². The molecule has 0 heterocycles. The Kier molecular flexibility index (Phi) is 4.92. The van der Waals surface area contributed by atoms with Crippen LogP contribution in [0, 0.1) is 5.82 Å². The molecule has 1 unspecified atom stereocenters. The highest BCUT2D eigenvalue weighted by Crippen LogP contribution is 2.24. The van der Waals surface area contributed by atoms with Gasteiger partial charge in [0.25, 0.3) is 0 Å². The monoisotopic (exact) mass is 260 g/mol. The zero-order valence-corrected chi connectivity index (χ0v) is 11.1. The van der Waals surface area contributed by atoms with Crippen LogP contribution in [0.1, 0.15) is 25.8 Å². The Hall–Kier alpha value is -0.640. The van der Waals surface area contributed by atoms with Crippen LogP contribution in [0.4, 0.5) is 4.39 Å². The van der Waals surface area contributed by atoms with Crippen molar-refractivity contribution in [3.05, 3.63) is 34.6 Å². The number of hydrogen-bond donors (Lipinski definition) is 1. The summed E-state index contributed by atoms with van der Waals surface area (Å²) in [6.45, 7) is 3.75. The third kappa shape index (κ3) is 4.26. The molecule has 96 valence electrons. The Morgan fingerprint density at radius 1 is 1.47 bits per heavy atom. The van der Waals surface area contributed by atoms with Gasteiger partial charge in [0.1, 0.15) is 5.82 Å². The fraction of sp³-hybridized carbons (Fsp3) is 0.538. The predicted octanol–water partition coefficient (Wildman–Crippen LogP) is 3.20. The molecule has 1 aromatic carbocycles. The largest absolute Gasteiger partial charge is 0.393 e. The number of benzene rings is 1. The maximum Gasteiger partial charge on any atom is 0.127 e. The van der Waals surface area contributed by atoms with E-state index < -0.39 is 11.7 Å². The van der Waals surface area contributed by atoms with Gasteiger partial charge in [-0.2, -0.15) is 0 Å². The highest BCUT2D eigenvalue weighted by Gasteiger charge is 2.23. The van der Waals surface area contributed by atoms with E-state index in [0.717, 1.165) is 0 Å². The van der Waals surface area contributed by atoms with Gasteiger partial charge in [0, 0.05) is 30.5 Å². The first kappa shape index (κ1) is 14.4. The van der Waals surface area contributed by atoms with Crippen LogP contribution >= 0.6 is 11.6 Å². The first-order chi connectivity index (χ1) is 7.85. The third-order valence-corrected chi connectivity index (χ3v) is 3.14. The summed E-state index contributed by atoms with van der Waals surface area (Å²) in [6.07, 6.45) is -0.0636. The van der Waals surface area contributed by atoms with Gasteiger partial charge < -0.3 is 9.84 Å². The van der Waals surface area contributed by atoms with Crippen LogP contribution in [0.5, 0.6) is 0 Å². The van der Waals surface area contributed by atoms with Gasteiger partial charge in [-0.25, -0.2) is 4.39 Å². The second-order valence-corrected chi connectivity index (χ2v) is 5.13. The fourth-order valence-electron chi connectivity index (χ4n) is 1.69. The summed E-state index contributed by atoms with van der Waals surface area (Å²) < 4.78 is 18.7. The van der Waals surface area contributed by atoms with Gasteiger partial charge >= 0.3 is 0 Å². The summed E-state index contributed by atoms with van der Waals surface area (Å²) in [5.41, 5.74) is -0.0782. The number of ether oxygens (including phenoxy) is 1. The smallest absolute Gasteiger partial charge is 0.127 e. The molecule has 0 saturated carbocycles. The van der Waals surface area contributed by atoms with Crippen LogP contribution in [0.2, 0.25) is 5.02 Å². The Bertz CT molecular complexity index is 359. The first-order valence-electron chi connectivity index (χ1n) is 5.52. The van der Waals surface area contributed by atoms with Crippen molar-refractivity contribution >= 4 is 11.6 Å². The maximum atomic E-state index is 13.5. The molecule has 0 saturated heterocycles. The van der Waals surface area contributed by atoms with E-state index in [9.17, 15) is 9.50 Å². The summed E-state index contributed by atoms with van der Waals surface area (Å²) in [4.78, 5) is 0. The van der Waals surface area contributed by atoms with E-state index in [4.69, 9.17) is 16.3 Å². The number of rotatable bonds is 5. The summed E-state index contributed by atoms with van der Waals surface area (Å²) >= 11 is 5.90. The second-order valence-electron chi connectivity index (χ2n) is 4.73. The summed E-state index contributed by atoms with van der Waals surface area (Å²) in [7, 11) is 1.59. The number of aliphatic hydroxyl groups excluding tert-OH is 1. The molecule has 0 aliphatic heterocycles. The molecule has 2 nitrogen and oxygen atoms in total. The van der Waals surface area contributed by atoms with E-state index in [1.54, 1.807) is 19.2 Å². The Morgan fingerprint density at radius 2 is 2.12 bits per heavy atom. The Labute approximate surface area is 106 Å². The van der Waals surface area contributed by atoms with Crippen molar-refractivity contribution in [1.82, 2.24) is 0 Å². The molecule has 0 spiro atoms. The van der Waals surface area contributed by atoms with Crippen LogP contribution < -0.4 is 0 Å². The molecule has 1 N–H and O–H groups in total. The molecule has 0 bridgehead atoms. The van der Waals surface area contributed by atoms with Crippen molar-refractivity contribution in [3.63, 3.8) is 0 Å². The van der Waals surface area contributed by atoms with Gasteiger partial charge in [-0.05, 0) is 26.0 Å². The zero-order valence-electron chi connectivity index (χ0n) is 10.3. The SMILES string of the molecule is COC(C)(C)CC(O)Cc1c(F)cccc1Cl. The van der Waals surface area contributed by atoms with E-state index in [-0.39, 0.29) is 12.2 Å². The quantitative estimate of drug-likeness (QED) is 0.881. The average Bonchev–Trinajstić information content (AvgIpc) is 2.23. The molecular weight excluding hydrogens is 243 g/mol. The van der Waals surface area contributed by atoms with Crippen molar-refractivity contribution in [2.75, 3.05) is 7.11 Å². The third-order valence-electron chi connectivity index (χ3n) is 2.78. The fourth-order valence-corrected chi connectivity index (χ4v) is 1.93. The molecule has 0 aliphatic rings. The number of methoxy groups -OCH3 is 1. The van der Waals surface area contributed by atoms with Gasteiger partial charge in [0.15, 0.2) is 0 Å². The van der Waals surface area contributed by atoms with Crippen LogP contribution in [-0.4, -0.2) is 23.9 Å². The van der Waals surface area contributed by atoms with Crippen LogP contribution in [0.25, 0.3) is 0 Å². The number of aliphatic hydroxyl groups is 1. The van der Waals surface area contributed by atoms with Crippen LogP contribution in [-0.2, 0) is 11.2 Å². The molecule has 17 heavy (non-hydrogen) atoms. The molecule has 0 aliphatic carbocycles. The highest BCUT2D eigenvalue weighted by molar-refractivity contribution is 6.31. The van der Waals surface area contributed by atoms with Gasteiger partial charge in [-0.1, -0.05) is 17.7 Å². The lowest BCUT2D eigenvalue weighted by atomic mass is 9.96. The summed E-state index contributed by atoms with van der Waals surface area (Å²) in [6, 6.07) is 4.51. The number of hydrogen-bond acceptors (Lipinski definition) is 2. The molecule has 0 amide bonds. The van der Waals surface area contributed by atoms with Crippen molar-refractivity contribution in [3.8, 4) is 0 Å². The van der Waals surface area contributed by atoms with Gasteiger partial charge in [0.2, 0.25) is 0 Å². The van der Waals surface area contributed by atoms with Gasteiger partial charge in [-0.3, -0.25) is 0 Å². The van der Waals surface area contributed by atoms with Crippen LogP contribution in [0.3, 0.4) is 0 Å². The first-order valence-corrected chi connectivity index (χ1v) is 5.89. The van der Waals surface area contributed by atoms with Crippen molar-refractivity contribution in [2.45, 2.75) is 38.4 Å². The highest BCUT2D eigenvalue weighted by atomic mass is 35.5. The summed E-state index contributed by atoms with van der Waals surface area (Å²) in [5.74, 6) is -0.383. The van der Waals surface area contributed by atoms with Crippen molar-refractivity contribution < 1.29 is 14.2 Å². The van der Waals surface area contributed by atoms with Crippen LogP contribution in [0.15, 0.2) is 18.2 Å². The minimum atomic E-state index is -0.681. The minimum absolute atomic E-state index is 0.193. The lowest BCUT2D eigenvalue weighted by Gasteiger charge is -2.26. The van der Waals surface area contributed by atoms with E-state index in [1.165, 1.54) is 6.07 Å². The average molecular weight is 261 g/mol. The molecule has 0 fully saturated rings. The molecule has 0 aromatic heterocycles. The molecule has 0 radical (unpaired) electrons. The Morgan fingerprint density at radius 3 is 2.65 bits per heavy atom. The molecule has 1 atom stereocenters. The van der Waals surface area contributed by atoms with E-state index in [0.29, 0.717) is 17.0 Å².